The summed E-state index contributed by atoms with van der Waals surface area (Å²) < 4.78 is 5.23. The molecule has 1 amide bonds. The van der Waals surface area contributed by atoms with Crippen molar-refractivity contribution in [3.8, 4) is 6.07 Å². The van der Waals surface area contributed by atoms with Crippen molar-refractivity contribution in [2.45, 2.75) is 71.3 Å². The van der Waals surface area contributed by atoms with Crippen LogP contribution in [0.15, 0.2) is 24.3 Å². The number of unbranched alkanes of at least 4 members (excludes halogenated alkanes) is 7. The van der Waals surface area contributed by atoms with E-state index in [0.29, 0.717) is 17.7 Å². The van der Waals surface area contributed by atoms with E-state index in [1.807, 2.05) is 6.07 Å². The minimum atomic E-state index is -0.702. The first-order chi connectivity index (χ1) is 12.6. The summed E-state index contributed by atoms with van der Waals surface area (Å²) in [5.74, 6) is -0.777. The zero-order chi connectivity index (χ0) is 19.2. The van der Waals surface area contributed by atoms with Crippen LogP contribution in [-0.2, 0) is 9.53 Å². The standard InChI is InChI=1S/C21H30N2O3/c1-3-4-5-6-7-8-9-10-15-26-21(25)17(2)23-20(24)19-13-11-18(16-22)12-14-19/h11-14,17H,3-10,15H2,1-2H3,(H,23,24)/t17-/m1/s1. The minimum Gasteiger partial charge on any atom is -0.464 e. The van der Waals surface area contributed by atoms with Gasteiger partial charge in [-0.05, 0) is 37.6 Å². The number of carbonyl (C=O) groups excluding carboxylic acids is 2. The molecule has 0 heterocycles. The zero-order valence-corrected chi connectivity index (χ0v) is 15.9. The molecule has 1 rings (SSSR count). The van der Waals surface area contributed by atoms with Crippen LogP contribution in [0.5, 0.6) is 0 Å². The molecule has 0 radical (unpaired) electrons. The summed E-state index contributed by atoms with van der Waals surface area (Å²) in [6.07, 6.45) is 9.49. The first-order valence-corrected chi connectivity index (χ1v) is 9.56. The predicted octanol–water partition coefficient (Wildman–Crippen LogP) is 4.36. The van der Waals surface area contributed by atoms with Gasteiger partial charge in [0.25, 0.3) is 5.91 Å². The van der Waals surface area contributed by atoms with E-state index < -0.39 is 12.0 Å². The number of hydrogen-bond donors (Lipinski definition) is 1. The highest BCUT2D eigenvalue weighted by Crippen LogP contribution is 2.08. The summed E-state index contributed by atoms with van der Waals surface area (Å²) in [6.45, 7) is 4.21. The number of amides is 1. The molecule has 1 atom stereocenters. The maximum Gasteiger partial charge on any atom is 0.328 e. The van der Waals surface area contributed by atoms with Crippen molar-refractivity contribution in [3.63, 3.8) is 0 Å². The van der Waals surface area contributed by atoms with Crippen LogP contribution < -0.4 is 5.32 Å². The van der Waals surface area contributed by atoms with Crippen LogP contribution >= 0.6 is 0 Å². The molecule has 0 aromatic heterocycles. The predicted molar refractivity (Wildman–Crippen MR) is 102 cm³/mol. The zero-order valence-electron chi connectivity index (χ0n) is 15.9. The van der Waals surface area contributed by atoms with Crippen molar-refractivity contribution in [1.82, 2.24) is 5.32 Å². The Morgan fingerprint density at radius 2 is 1.62 bits per heavy atom. The fourth-order valence-corrected chi connectivity index (χ4v) is 2.57. The molecule has 0 spiro atoms. The number of benzene rings is 1. The summed E-state index contributed by atoms with van der Waals surface area (Å²) in [5.41, 5.74) is 0.895. The molecule has 1 aromatic rings. The number of nitrogens with zero attached hydrogens (tertiary/aromatic N) is 1. The van der Waals surface area contributed by atoms with E-state index in [0.717, 1.165) is 12.8 Å². The lowest BCUT2D eigenvalue weighted by Crippen LogP contribution is -2.39. The number of hydrogen-bond acceptors (Lipinski definition) is 4. The number of ether oxygens (including phenoxy) is 1. The lowest BCUT2D eigenvalue weighted by Gasteiger charge is -2.13. The van der Waals surface area contributed by atoms with Crippen LogP contribution in [0.4, 0.5) is 0 Å². The Morgan fingerprint density at radius 1 is 1.04 bits per heavy atom. The molecule has 0 fully saturated rings. The first kappa shape index (κ1) is 21.7. The SMILES string of the molecule is CCCCCCCCCCOC(=O)[C@@H](C)NC(=O)c1ccc(C#N)cc1. The highest BCUT2D eigenvalue weighted by atomic mass is 16.5. The molecule has 142 valence electrons. The maximum absolute atomic E-state index is 12.1. The molecule has 0 bridgehead atoms. The largest absolute Gasteiger partial charge is 0.464 e. The Hall–Kier alpha value is -2.35. The Kier molecular flexibility index (Phi) is 10.8. The third-order valence-corrected chi connectivity index (χ3v) is 4.22. The number of nitrogens with one attached hydrogen (secondary N) is 1. The van der Waals surface area contributed by atoms with Crippen molar-refractivity contribution in [2.24, 2.45) is 0 Å². The van der Waals surface area contributed by atoms with E-state index in [-0.39, 0.29) is 5.91 Å². The Bertz CT molecular complexity index is 590. The Labute approximate surface area is 156 Å². The second kappa shape index (κ2) is 12.9. The molecule has 0 saturated heterocycles. The van der Waals surface area contributed by atoms with E-state index in [1.165, 1.54) is 38.5 Å². The van der Waals surface area contributed by atoms with Gasteiger partial charge < -0.3 is 10.1 Å². The third kappa shape index (κ3) is 8.66. The molecular weight excluding hydrogens is 328 g/mol. The third-order valence-electron chi connectivity index (χ3n) is 4.22. The number of rotatable bonds is 12. The van der Waals surface area contributed by atoms with Crippen LogP contribution in [0.3, 0.4) is 0 Å². The van der Waals surface area contributed by atoms with Crippen LogP contribution in [0.2, 0.25) is 0 Å². The molecule has 0 aliphatic heterocycles. The van der Waals surface area contributed by atoms with E-state index in [1.54, 1.807) is 31.2 Å². The monoisotopic (exact) mass is 358 g/mol. The van der Waals surface area contributed by atoms with Crippen molar-refractivity contribution < 1.29 is 14.3 Å². The average molecular weight is 358 g/mol. The lowest BCUT2D eigenvalue weighted by atomic mass is 10.1. The van der Waals surface area contributed by atoms with Gasteiger partial charge >= 0.3 is 5.97 Å². The van der Waals surface area contributed by atoms with E-state index in [9.17, 15) is 9.59 Å². The van der Waals surface area contributed by atoms with Crippen molar-refractivity contribution in [1.29, 1.82) is 5.26 Å². The summed E-state index contributed by atoms with van der Waals surface area (Å²) in [5, 5.41) is 11.4. The molecule has 0 aliphatic rings. The average Bonchev–Trinajstić information content (AvgIpc) is 2.66. The van der Waals surface area contributed by atoms with Gasteiger partial charge in [0.1, 0.15) is 6.04 Å². The van der Waals surface area contributed by atoms with E-state index in [2.05, 4.69) is 12.2 Å². The molecule has 5 nitrogen and oxygen atoms in total. The lowest BCUT2D eigenvalue weighted by molar-refractivity contribution is -0.145. The van der Waals surface area contributed by atoms with Gasteiger partial charge in [0.2, 0.25) is 0 Å². The smallest absolute Gasteiger partial charge is 0.328 e. The molecular formula is C21H30N2O3. The second-order valence-electron chi connectivity index (χ2n) is 6.53. The quantitative estimate of drug-likeness (QED) is 0.445. The van der Waals surface area contributed by atoms with E-state index in [4.69, 9.17) is 10.00 Å². The number of carbonyl (C=O) groups is 2. The van der Waals surface area contributed by atoms with Gasteiger partial charge in [-0.3, -0.25) is 4.79 Å². The molecule has 26 heavy (non-hydrogen) atoms. The number of esters is 1. The normalized spacial score (nSPS) is 11.4. The minimum absolute atomic E-state index is 0.356. The molecule has 0 saturated carbocycles. The van der Waals surface area contributed by atoms with Gasteiger partial charge in [-0.25, -0.2) is 4.79 Å². The van der Waals surface area contributed by atoms with Gasteiger partial charge in [0, 0.05) is 5.56 Å². The van der Waals surface area contributed by atoms with Gasteiger partial charge in [-0.15, -0.1) is 0 Å². The van der Waals surface area contributed by atoms with Gasteiger partial charge in [-0.1, -0.05) is 51.9 Å². The molecule has 0 aliphatic carbocycles. The van der Waals surface area contributed by atoms with Gasteiger partial charge in [0.05, 0.1) is 18.2 Å². The van der Waals surface area contributed by atoms with Crippen LogP contribution in [-0.4, -0.2) is 24.5 Å². The summed E-state index contributed by atoms with van der Waals surface area (Å²) >= 11 is 0. The highest BCUT2D eigenvalue weighted by molar-refractivity contribution is 5.96. The van der Waals surface area contributed by atoms with Crippen molar-refractivity contribution in [3.05, 3.63) is 35.4 Å². The fourth-order valence-electron chi connectivity index (χ4n) is 2.57. The second-order valence-corrected chi connectivity index (χ2v) is 6.53. The topological polar surface area (TPSA) is 79.2 Å². The van der Waals surface area contributed by atoms with Crippen LogP contribution in [0.1, 0.15) is 81.1 Å². The highest BCUT2D eigenvalue weighted by Gasteiger charge is 2.17. The van der Waals surface area contributed by atoms with Gasteiger partial charge in [-0.2, -0.15) is 5.26 Å². The number of nitriles is 1. The van der Waals surface area contributed by atoms with Gasteiger partial charge in [0.15, 0.2) is 0 Å². The Balaban J connectivity index is 2.18. The molecule has 1 N–H and O–H groups in total. The molecule has 1 aromatic carbocycles. The fraction of sp³-hybridized carbons (Fsp3) is 0.571. The molecule has 5 heteroatoms. The Morgan fingerprint density at radius 3 is 2.19 bits per heavy atom. The van der Waals surface area contributed by atoms with Crippen LogP contribution in [0.25, 0.3) is 0 Å². The van der Waals surface area contributed by atoms with E-state index >= 15 is 0 Å². The molecule has 0 unspecified atom stereocenters. The van der Waals surface area contributed by atoms with Crippen molar-refractivity contribution >= 4 is 11.9 Å². The summed E-state index contributed by atoms with van der Waals surface area (Å²) in [6, 6.07) is 7.56. The summed E-state index contributed by atoms with van der Waals surface area (Å²) in [7, 11) is 0. The maximum atomic E-state index is 12.1. The van der Waals surface area contributed by atoms with Crippen molar-refractivity contribution in [2.75, 3.05) is 6.61 Å². The first-order valence-electron chi connectivity index (χ1n) is 9.56. The van der Waals surface area contributed by atoms with Crippen LogP contribution in [0, 0.1) is 11.3 Å². The summed E-state index contributed by atoms with van der Waals surface area (Å²) in [4.78, 5) is 24.0.